The molecule has 1 saturated heterocycles. The number of rotatable bonds is 10. The third-order valence-electron chi connectivity index (χ3n) is 8.84. The molecule has 1 amide bonds. The molecular formula is C36H40N4O4. The van der Waals surface area contributed by atoms with Gasteiger partial charge in [0.1, 0.15) is 5.69 Å². The molecule has 2 N–H and O–H groups in total. The van der Waals surface area contributed by atoms with Gasteiger partial charge in [0, 0.05) is 36.3 Å². The molecule has 4 aromatic rings. The first-order valence-corrected chi connectivity index (χ1v) is 15.5. The summed E-state index contributed by atoms with van der Waals surface area (Å²) in [6.45, 7) is 7.80. The number of ether oxygens (including phenoxy) is 2. The lowest BCUT2D eigenvalue weighted by atomic mass is 9.89. The molecule has 0 spiro atoms. The van der Waals surface area contributed by atoms with Gasteiger partial charge in [0.15, 0.2) is 6.29 Å². The fourth-order valence-electron chi connectivity index (χ4n) is 6.39. The lowest BCUT2D eigenvalue weighted by Crippen LogP contribution is -2.47. The fraction of sp³-hybridized carbons (Fsp3) is 0.361. The Kier molecular flexibility index (Phi) is 9.43. The predicted octanol–water partition coefficient (Wildman–Crippen LogP) is 6.60. The quantitative estimate of drug-likeness (QED) is 0.200. The largest absolute Gasteiger partial charge is 0.392 e. The van der Waals surface area contributed by atoms with Gasteiger partial charge in [-0.1, -0.05) is 74.4 Å². The van der Waals surface area contributed by atoms with Crippen molar-refractivity contribution in [3.63, 3.8) is 0 Å². The van der Waals surface area contributed by atoms with Gasteiger partial charge in [-0.15, -0.1) is 6.58 Å². The van der Waals surface area contributed by atoms with Crippen LogP contribution < -0.4 is 5.32 Å². The van der Waals surface area contributed by atoms with Gasteiger partial charge in [0.2, 0.25) is 0 Å². The number of nitrogens with zero attached hydrogens (tertiary/aromatic N) is 3. The molecule has 4 atom stereocenters. The highest BCUT2D eigenvalue weighted by Gasteiger charge is 2.40. The Morgan fingerprint density at radius 3 is 2.55 bits per heavy atom. The highest BCUT2D eigenvalue weighted by atomic mass is 16.7. The number of carbonyl (C=O) groups is 1. The van der Waals surface area contributed by atoms with Crippen molar-refractivity contribution in [1.29, 1.82) is 0 Å². The summed E-state index contributed by atoms with van der Waals surface area (Å²) in [5.41, 5.74) is 4.99. The van der Waals surface area contributed by atoms with Gasteiger partial charge in [-0.3, -0.25) is 14.7 Å². The van der Waals surface area contributed by atoms with E-state index in [9.17, 15) is 9.90 Å². The Labute approximate surface area is 258 Å². The van der Waals surface area contributed by atoms with Crippen molar-refractivity contribution in [2.75, 3.05) is 18.4 Å². The van der Waals surface area contributed by atoms with Crippen LogP contribution in [0.25, 0.3) is 11.0 Å². The molecule has 228 valence electrons. The van der Waals surface area contributed by atoms with E-state index in [0.717, 1.165) is 35.3 Å². The van der Waals surface area contributed by atoms with Crippen LogP contribution in [-0.4, -0.2) is 51.1 Å². The minimum absolute atomic E-state index is 0.00306. The van der Waals surface area contributed by atoms with Gasteiger partial charge in [-0.2, -0.15) is 0 Å². The minimum atomic E-state index is -0.634. The number of para-hydroxylation sites is 2. The minimum Gasteiger partial charge on any atom is -0.392 e. The van der Waals surface area contributed by atoms with Crippen molar-refractivity contribution in [3.8, 4) is 0 Å². The maximum Gasteiger partial charge on any atom is 0.275 e. The Morgan fingerprint density at radius 1 is 1.02 bits per heavy atom. The van der Waals surface area contributed by atoms with Crippen LogP contribution >= 0.6 is 0 Å². The molecule has 8 nitrogen and oxygen atoms in total. The molecule has 1 aromatic heterocycles. The number of nitrogens with one attached hydrogen (secondary N) is 1. The molecule has 1 aliphatic heterocycles. The van der Waals surface area contributed by atoms with E-state index in [2.05, 4.69) is 33.7 Å². The third-order valence-corrected chi connectivity index (χ3v) is 8.84. The van der Waals surface area contributed by atoms with Crippen molar-refractivity contribution < 1.29 is 19.4 Å². The maximum atomic E-state index is 13.1. The number of hydrogen-bond acceptors (Lipinski definition) is 7. The third kappa shape index (κ3) is 6.74. The van der Waals surface area contributed by atoms with Crippen LogP contribution in [0.4, 0.5) is 5.69 Å². The molecule has 0 unspecified atom stereocenters. The van der Waals surface area contributed by atoms with Gasteiger partial charge in [0.05, 0.1) is 36.0 Å². The van der Waals surface area contributed by atoms with E-state index >= 15 is 0 Å². The molecule has 3 aromatic carbocycles. The van der Waals surface area contributed by atoms with Crippen LogP contribution in [0, 0.1) is 5.92 Å². The second-order valence-electron chi connectivity index (χ2n) is 11.8. The van der Waals surface area contributed by atoms with E-state index in [1.807, 2.05) is 78.9 Å². The number of carbonyl (C=O) groups excluding carboxylic acids is 1. The van der Waals surface area contributed by atoms with Crippen molar-refractivity contribution in [2.24, 2.45) is 5.92 Å². The molecule has 2 aliphatic rings. The number of fused-ring (bicyclic) bond motifs is 1. The monoisotopic (exact) mass is 592 g/mol. The van der Waals surface area contributed by atoms with Gasteiger partial charge < -0.3 is 19.9 Å². The highest BCUT2D eigenvalue weighted by Crippen LogP contribution is 2.42. The van der Waals surface area contributed by atoms with E-state index in [1.165, 1.54) is 31.9 Å². The molecular weight excluding hydrogens is 552 g/mol. The van der Waals surface area contributed by atoms with Gasteiger partial charge in [-0.05, 0) is 48.2 Å². The number of aromatic nitrogens is 2. The van der Waals surface area contributed by atoms with E-state index in [0.29, 0.717) is 17.2 Å². The number of hydrogen-bond donors (Lipinski definition) is 2. The molecule has 8 heteroatoms. The number of aliphatic hydroxyl groups is 1. The molecule has 2 heterocycles. The smallest absolute Gasteiger partial charge is 0.275 e. The summed E-state index contributed by atoms with van der Waals surface area (Å²) < 4.78 is 13.4. The van der Waals surface area contributed by atoms with Gasteiger partial charge >= 0.3 is 0 Å². The summed E-state index contributed by atoms with van der Waals surface area (Å²) >= 11 is 0. The summed E-state index contributed by atoms with van der Waals surface area (Å²) in [5, 5.41) is 12.6. The Hall–Kier alpha value is -3.95. The van der Waals surface area contributed by atoms with E-state index in [4.69, 9.17) is 9.47 Å². The first kappa shape index (κ1) is 30.1. The van der Waals surface area contributed by atoms with Crippen molar-refractivity contribution in [3.05, 3.63) is 114 Å². The molecule has 0 radical (unpaired) electrons. The van der Waals surface area contributed by atoms with Crippen molar-refractivity contribution in [2.45, 2.75) is 63.8 Å². The SMILES string of the molecule is C=CCN(C[C@@H]1O[C@H](c2cccc(NC(=O)c3cnc4ccccc4n3)c2)O[C@H](c2ccc(CO)cc2)[C@@H]1C)C1CCCC1. The van der Waals surface area contributed by atoms with E-state index in [-0.39, 0.29) is 36.3 Å². The average molecular weight is 593 g/mol. The van der Waals surface area contributed by atoms with Crippen LogP contribution in [0.3, 0.4) is 0 Å². The predicted molar refractivity (Wildman–Crippen MR) is 171 cm³/mol. The zero-order valence-corrected chi connectivity index (χ0v) is 25.1. The van der Waals surface area contributed by atoms with Crippen molar-refractivity contribution in [1.82, 2.24) is 14.9 Å². The topological polar surface area (TPSA) is 96.8 Å². The lowest BCUT2D eigenvalue weighted by molar-refractivity contribution is -0.276. The van der Waals surface area contributed by atoms with Crippen molar-refractivity contribution >= 4 is 22.6 Å². The Morgan fingerprint density at radius 2 is 1.80 bits per heavy atom. The highest BCUT2D eigenvalue weighted by molar-refractivity contribution is 6.03. The van der Waals surface area contributed by atoms with Gasteiger partial charge in [-0.25, -0.2) is 4.98 Å². The summed E-state index contributed by atoms with van der Waals surface area (Å²) in [4.78, 5) is 24.5. The maximum absolute atomic E-state index is 13.1. The number of aliphatic hydroxyl groups excluding tert-OH is 1. The Balaban J connectivity index is 1.25. The zero-order chi connectivity index (χ0) is 30.5. The van der Waals surface area contributed by atoms with Crippen LogP contribution in [0.1, 0.15) is 72.2 Å². The second-order valence-corrected chi connectivity index (χ2v) is 11.8. The standard InChI is InChI=1S/C36H40N4O4/c1-3-19-40(29-11-4-5-12-29)22-33-24(2)34(26-17-15-25(23-41)16-18-26)44-36(43-33)27-9-8-10-28(20-27)38-35(42)32-21-37-30-13-6-7-14-31(30)39-32/h3,6-10,13-18,20-21,24,29,33-34,36,41H,1,4-5,11-12,19,22-23H2,2H3,(H,38,42)/t24-,33+,34+,36+/m1/s1. The number of anilines is 1. The van der Waals surface area contributed by atoms with Gasteiger partial charge in [0.25, 0.3) is 5.91 Å². The average Bonchev–Trinajstić information content (AvgIpc) is 3.60. The second kappa shape index (κ2) is 13.8. The number of benzene rings is 3. The van der Waals surface area contributed by atoms with E-state index < -0.39 is 6.29 Å². The molecule has 6 rings (SSSR count). The van der Waals surface area contributed by atoms with Crippen LogP contribution in [0.15, 0.2) is 91.6 Å². The molecule has 44 heavy (non-hydrogen) atoms. The first-order valence-electron chi connectivity index (χ1n) is 15.5. The summed E-state index contributed by atoms with van der Waals surface area (Å²) in [6, 6.07) is 23.6. The van der Waals surface area contributed by atoms with Crippen LogP contribution in [0.2, 0.25) is 0 Å². The normalized spacial score (nSPS) is 22.3. The fourth-order valence-corrected chi connectivity index (χ4v) is 6.39. The van der Waals surface area contributed by atoms with Crippen LogP contribution in [0.5, 0.6) is 0 Å². The summed E-state index contributed by atoms with van der Waals surface area (Å²) in [5.74, 6) is -0.259. The molecule has 2 fully saturated rings. The first-order chi connectivity index (χ1) is 21.5. The molecule has 1 aliphatic carbocycles. The van der Waals surface area contributed by atoms with E-state index in [1.54, 1.807) is 0 Å². The number of amides is 1. The molecule has 0 bridgehead atoms. The van der Waals surface area contributed by atoms with Crippen LogP contribution in [-0.2, 0) is 16.1 Å². The molecule has 1 saturated carbocycles. The summed E-state index contributed by atoms with van der Waals surface area (Å²) in [7, 11) is 0. The Bertz CT molecular complexity index is 1590. The lowest BCUT2D eigenvalue weighted by Gasteiger charge is -2.43. The zero-order valence-electron chi connectivity index (χ0n) is 25.1. The summed E-state index contributed by atoms with van der Waals surface area (Å²) in [6.07, 6.45) is 7.45.